The zero-order valence-electron chi connectivity index (χ0n) is 21.1. The van der Waals surface area contributed by atoms with Crippen molar-refractivity contribution in [2.45, 2.75) is 31.5 Å². The van der Waals surface area contributed by atoms with E-state index in [-0.39, 0.29) is 36.9 Å². The van der Waals surface area contributed by atoms with Gasteiger partial charge in [0.1, 0.15) is 5.75 Å². The number of benzene rings is 2. The summed E-state index contributed by atoms with van der Waals surface area (Å²) in [5.74, 6) is 0.311. The summed E-state index contributed by atoms with van der Waals surface area (Å²) >= 11 is 0. The van der Waals surface area contributed by atoms with Gasteiger partial charge in [-0.05, 0) is 36.8 Å². The topological polar surface area (TPSA) is 104 Å². The van der Waals surface area contributed by atoms with E-state index in [1.165, 1.54) is 5.06 Å². The summed E-state index contributed by atoms with van der Waals surface area (Å²) in [4.78, 5) is 33.3. The van der Waals surface area contributed by atoms with Crippen LogP contribution in [0.5, 0.6) is 5.75 Å². The number of para-hydroxylation sites is 2. The number of fused-ring (bicyclic) bond motifs is 2. The van der Waals surface area contributed by atoms with Crippen molar-refractivity contribution in [1.82, 2.24) is 5.06 Å². The number of carbonyl (C=O) groups excluding carboxylic acids is 1. The van der Waals surface area contributed by atoms with Gasteiger partial charge in [0.25, 0.3) is 5.72 Å². The average Bonchev–Trinajstić information content (AvgIpc) is 3.12. The molecule has 3 heterocycles. The van der Waals surface area contributed by atoms with Gasteiger partial charge in [-0.15, -0.1) is 0 Å². The van der Waals surface area contributed by atoms with Crippen molar-refractivity contribution in [1.29, 1.82) is 0 Å². The van der Waals surface area contributed by atoms with Gasteiger partial charge in [-0.1, -0.05) is 30.3 Å². The maximum absolute atomic E-state index is 13.3. The Morgan fingerprint density at radius 3 is 2.54 bits per heavy atom. The maximum atomic E-state index is 13.3. The quantitative estimate of drug-likeness (QED) is 0.457. The number of carbonyl (C=O) groups is 1. The molecule has 0 N–H and O–H groups in total. The van der Waals surface area contributed by atoms with Gasteiger partial charge >= 0.3 is 5.54 Å². The van der Waals surface area contributed by atoms with Gasteiger partial charge in [-0.2, -0.15) is 0 Å². The Morgan fingerprint density at radius 1 is 1.03 bits per heavy atom. The zero-order valence-corrected chi connectivity index (χ0v) is 21.1. The molecule has 0 aliphatic carbocycles. The number of anilines is 1. The number of amides is 1. The number of hydrogen-bond donors (Lipinski definition) is 0. The summed E-state index contributed by atoms with van der Waals surface area (Å²) in [6.07, 6.45) is 2.00. The molecule has 10 nitrogen and oxygen atoms in total. The highest BCUT2D eigenvalue weighted by molar-refractivity contribution is 5.78. The summed E-state index contributed by atoms with van der Waals surface area (Å²) in [7, 11) is 0. The van der Waals surface area contributed by atoms with Crippen molar-refractivity contribution < 1.29 is 28.8 Å². The van der Waals surface area contributed by atoms with Crippen molar-refractivity contribution in [3.63, 3.8) is 0 Å². The lowest BCUT2D eigenvalue weighted by molar-refractivity contribution is -0.592. The third kappa shape index (κ3) is 4.14. The molecule has 3 aliphatic heterocycles. The highest BCUT2D eigenvalue weighted by atomic mass is 16.7. The fraction of sp³-hybridized carbons (Fsp3) is 0.444. The van der Waals surface area contributed by atoms with Crippen LogP contribution in [-0.2, 0) is 24.6 Å². The van der Waals surface area contributed by atoms with Crippen LogP contribution in [0.15, 0.2) is 54.1 Å². The highest BCUT2D eigenvalue weighted by Gasteiger charge is 2.72. The molecule has 0 radical (unpaired) electrons. The average molecular weight is 510 g/mol. The monoisotopic (exact) mass is 509 g/mol. The normalized spacial score (nSPS) is 25.6. The standard InChI is InChI=1S/C27H31N3O7/c1-20-19-21-7-3-6-10-24(21)37-27(20)26(2,30(32)33)22-8-4-5-9-23(22)28(27)12-11-25(31)29-13-14-34-15-16-35-17-18-36-29/h3-10,19H,11-18H2,1-2H3. The van der Waals surface area contributed by atoms with Crippen molar-refractivity contribution in [2.24, 2.45) is 0 Å². The molecular formula is C27H31N3O7. The molecule has 2 aromatic rings. The van der Waals surface area contributed by atoms with Crippen LogP contribution in [-0.4, -0.2) is 67.7 Å². The van der Waals surface area contributed by atoms with Crippen molar-refractivity contribution in [2.75, 3.05) is 51.0 Å². The molecule has 1 saturated heterocycles. The fourth-order valence-corrected chi connectivity index (χ4v) is 5.52. The minimum absolute atomic E-state index is 0.0586. The molecule has 0 saturated carbocycles. The largest absolute Gasteiger partial charge is 0.455 e. The van der Waals surface area contributed by atoms with E-state index in [2.05, 4.69) is 0 Å². The van der Waals surface area contributed by atoms with E-state index in [0.717, 1.165) is 5.56 Å². The van der Waals surface area contributed by atoms with Crippen molar-refractivity contribution >= 4 is 17.7 Å². The lowest BCUT2D eigenvalue weighted by Crippen LogP contribution is -2.65. The molecule has 196 valence electrons. The molecule has 2 unspecified atom stereocenters. The van der Waals surface area contributed by atoms with Crippen LogP contribution in [0.3, 0.4) is 0 Å². The van der Waals surface area contributed by atoms with Crippen LogP contribution < -0.4 is 9.64 Å². The Bertz CT molecular complexity index is 1210. The number of ether oxygens (including phenoxy) is 3. The number of rotatable bonds is 4. The van der Waals surface area contributed by atoms with Crippen LogP contribution in [0, 0.1) is 10.1 Å². The van der Waals surface area contributed by atoms with Gasteiger partial charge in [0.05, 0.1) is 50.8 Å². The predicted octanol–water partition coefficient (Wildman–Crippen LogP) is 3.39. The zero-order chi connectivity index (χ0) is 26.0. The van der Waals surface area contributed by atoms with E-state index in [9.17, 15) is 14.9 Å². The van der Waals surface area contributed by atoms with Crippen LogP contribution in [0.4, 0.5) is 5.69 Å². The molecule has 1 spiro atoms. The third-order valence-electron chi connectivity index (χ3n) is 7.32. The van der Waals surface area contributed by atoms with E-state index < -0.39 is 11.3 Å². The molecule has 3 aliphatic rings. The van der Waals surface area contributed by atoms with E-state index in [0.29, 0.717) is 49.0 Å². The SMILES string of the molecule is CC1=Cc2ccccc2OC12N(CCC(=O)N1CCOCCOCCO1)c1ccccc1C2(C)[N+](=O)[O-]. The minimum atomic E-state index is -1.63. The van der Waals surface area contributed by atoms with Gasteiger partial charge in [-0.25, -0.2) is 5.06 Å². The molecule has 1 amide bonds. The summed E-state index contributed by atoms with van der Waals surface area (Å²) in [5.41, 5.74) is -0.334. The second kappa shape index (κ2) is 10.1. The third-order valence-corrected chi connectivity index (χ3v) is 7.32. The number of nitrogens with zero attached hydrogens (tertiary/aromatic N) is 3. The maximum Gasteiger partial charge on any atom is 0.308 e. The Balaban J connectivity index is 1.50. The molecule has 10 heteroatoms. The van der Waals surface area contributed by atoms with Crippen LogP contribution in [0.2, 0.25) is 0 Å². The summed E-state index contributed by atoms with van der Waals surface area (Å²) < 4.78 is 17.5. The molecule has 0 aromatic heterocycles. The lowest BCUT2D eigenvalue weighted by atomic mass is 9.79. The summed E-state index contributed by atoms with van der Waals surface area (Å²) in [6, 6.07) is 14.7. The van der Waals surface area contributed by atoms with E-state index in [1.54, 1.807) is 19.1 Å². The van der Waals surface area contributed by atoms with Gasteiger partial charge in [0.15, 0.2) is 0 Å². The number of hydrogen-bond acceptors (Lipinski definition) is 8. The van der Waals surface area contributed by atoms with Crippen molar-refractivity contribution in [3.8, 4) is 5.75 Å². The molecule has 37 heavy (non-hydrogen) atoms. The number of nitro groups is 1. The second-order valence-corrected chi connectivity index (χ2v) is 9.41. The van der Waals surface area contributed by atoms with E-state index >= 15 is 0 Å². The molecule has 2 atom stereocenters. The fourth-order valence-electron chi connectivity index (χ4n) is 5.52. The molecule has 2 aromatic carbocycles. The molecular weight excluding hydrogens is 478 g/mol. The van der Waals surface area contributed by atoms with Gasteiger partial charge in [-0.3, -0.25) is 19.7 Å². The van der Waals surface area contributed by atoms with Crippen molar-refractivity contribution in [3.05, 3.63) is 75.3 Å². The van der Waals surface area contributed by atoms with Crippen LogP contribution in [0.1, 0.15) is 31.4 Å². The highest BCUT2D eigenvalue weighted by Crippen LogP contribution is 2.57. The summed E-state index contributed by atoms with van der Waals surface area (Å²) in [5, 5.41) is 14.1. The van der Waals surface area contributed by atoms with E-state index in [4.69, 9.17) is 19.0 Å². The smallest absolute Gasteiger partial charge is 0.308 e. The predicted molar refractivity (Wildman–Crippen MR) is 136 cm³/mol. The van der Waals surface area contributed by atoms with Gasteiger partial charge in [0, 0.05) is 30.4 Å². The first-order valence-electron chi connectivity index (χ1n) is 12.5. The minimum Gasteiger partial charge on any atom is -0.455 e. The Hall–Kier alpha value is -3.47. The lowest BCUT2D eigenvalue weighted by Gasteiger charge is -2.46. The van der Waals surface area contributed by atoms with Gasteiger partial charge < -0.3 is 19.1 Å². The second-order valence-electron chi connectivity index (χ2n) is 9.41. The number of hydroxylamine groups is 2. The Labute approximate surface area is 215 Å². The Kier molecular flexibility index (Phi) is 6.89. The Morgan fingerprint density at radius 2 is 1.73 bits per heavy atom. The van der Waals surface area contributed by atoms with Gasteiger partial charge in [0.2, 0.25) is 5.91 Å². The first-order chi connectivity index (χ1) is 17.9. The van der Waals surface area contributed by atoms with Crippen LogP contribution in [0.25, 0.3) is 6.08 Å². The molecule has 0 bridgehead atoms. The summed E-state index contributed by atoms with van der Waals surface area (Å²) in [6.45, 7) is 5.80. The van der Waals surface area contributed by atoms with E-state index in [1.807, 2.05) is 54.3 Å². The first-order valence-corrected chi connectivity index (χ1v) is 12.5. The molecule has 1 fully saturated rings. The first kappa shape index (κ1) is 25.2. The van der Waals surface area contributed by atoms with Crippen LogP contribution >= 0.6 is 0 Å². The molecule has 5 rings (SSSR count).